The van der Waals surface area contributed by atoms with E-state index in [-0.39, 0.29) is 5.57 Å². The van der Waals surface area contributed by atoms with Crippen LogP contribution in [0.4, 0.5) is 0 Å². The van der Waals surface area contributed by atoms with Gasteiger partial charge in [-0.05, 0) is 13.8 Å². The highest BCUT2D eigenvalue weighted by Gasteiger charge is 2.50. The van der Waals surface area contributed by atoms with Crippen LogP contribution >= 0.6 is 0 Å². The van der Waals surface area contributed by atoms with Crippen LogP contribution < -0.4 is 5.32 Å². The predicted octanol–water partition coefficient (Wildman–Crippen LogP) is -4.74. The third-order valence-electron chi connectivity index (χ3n) is 5.19. The van der Waals surface area contributed by atoms with Crippen molar-refractivity contribution in [3.8, 4) is 0 Å². The third-order valence-corrected chi connectivity index (χ3v) is 5.19. The number of carbonyl (C=O) groups is 2. The Balaban J connectivity index is 2.22. The predicted molar refractivity (Wildman–Crippen MR) is 99.0 cm³/mol. The molecular weight excluding hydrogens is 422 g/mol. The summed E-state index contributed by atoms with van der Waals surface area (Å²) in [5, 5.41) is 72.1. The zero-order chi connectivity index (χ0) is 23.5. The van der Waals surface area contributed by atoms with Gasteiger partial charge in [0.15, 0.2) is 24.1 Å². The third kappa shape index (κ3) is 5.64. The lowest BCUT2D eigenvalue weighted by Gasteiger charge is -2.46. The molecule has 4 unspecified atom stereocenters. The largest absolute Gasteiger partial charge is 0.394 e. The monoisotopic (exact) mass is 451 g/mol. The van der Waals surface area contributed by atoms with Crippen LogP contribution in [0.5, 0.6) is 0 Å². The van der Waals surface area contributed by atoms with E-state index in [0.29, 0.717) is 0 Å². The molecule has 0 saturated carbocycles. The average molecular weight is 451 g/mol. The second kappa shape index (κ2) is 10.9. The van der Waals surface area contributed by atoms with Gasteiger partial charge in [0.25, 0.3) is 0 Å². The minimum absolute atomic E-state index is 0.227. The summed E-state index contributed by atoms with van der Waals surface area (Å²) in [5.41, 5.74) is -0.227. The van der Waals surface area contributed by atoms with Gasteiger partial charge in [-0.25, -0.2) is 0 Å². The average Bonchev–Trinajstić information content (AvgIpc) is 2.71. The zero-order valence-electron chi connectivity index (χ0n) is 16.9. The maximum atomic E-state index is 11.5. The Bertz CT molecular complexity index is 654. The molecule has 0 spiro atoms. The van der Waals surface area contributed by atoms with E-state index in [0.717, 1.165) is 20.0 Å². The van der Waals surface area contributed by atoms with Crippen LogP contribution in [-0.4, -0.2) is 122 Å². The normalized spacial score (nSPS) is 40.8. The number of Topliss-reactive ketones (excluding diaryl/α,β-unsaturated/α-hetero) is 2. The van der Waals surface area contributed by atoms with Gasteiger partial charge in [-0.2, -0.15) is 0 Å². The number of allylic oxidation sites excluding steroid dienone is 1. The van der Waals surface area contributed by atoms with Gasteiger partial charge in [0.2, 0.25) is 0 Å². The van der Waals surface area contributed by atoms with Crippen molar-refractivity contribution in [3.05, 3.63) is 11.8 Å². The lowest BCUT2D eigenvalue weighted by atomic mass is 9.95. The minimum atomic E-state index is -1.77. The highest BCUT2D eigenvalue weighted by Crippen LogP contribution is 2.28. The Morgan fingerprint density at radius 3 is 1.97 bits per heavy atom. The van der Waals surface area contributed by atoms with E-state index in [4.69, 9.17) is 14.2 Å². The molecule has 0 aromatic rings. The Kier molecular flexibility index (Phi) is 9.03. The van der Waals surface area contributed by atoms with E-state index in [1.165, 1.54) is 0 Å². The number of nitrogens with one attached hydrogen (secondary N) is 1. The van der Waals surface area contributed by atoms with Crippen LogP contribution in [0.25, 0.3) is 0 Å². The number of hydrogen-bond donors (Lipinski definition) is 8. The molecule has 0 radical (unpaired) electrons. The summed E-state index contributed by atoms with van der Waals surface area (Å²) in [5.74, 6) is -1.11. The Labute approximate surface area is 177 Å². The number of aliphatic hydroxyl groups excluding tert-OH is 7. The molecule has 13 heteroatoms. The van der Waals surface area contributed by atoms with Gasteiger partial charge in [-0.3, -0.25) is 9.59 Å². The fourth-order valence-corrected chi connectivity index (χ4v) is 3.40. The molecule has 31 heavy (non-hydrogen) atoms. The van der Waals surface area contributed by atoms with Crippen LogP contribution in [0.15, 0.2) is 11.8 Å². The SMILES string of the molecule is CC(=O)C(=CNC1[C@@H](O)[C@H](O[C@@H]2OC(CO)[C@H](O)[C@H](O)C2O)C(CO)O[C@@H]1O)C(C)=O. The van der Waals surface area contributed by atoms with Gasteiger partial charge < -0.3 is 55.3 Å². The molecule has 0 amide bonds. The molecular formula is C18H29NO12. The van der Waals surface area contributed by atoms with E-state index in [1.54, 1.807) is 0 Å². The summed E-state index contributed by atoms with van der Waals surface area (Å²) in [4.78, 5) is 23.1. The molecule has 10 atom stereocenters. The number of hydrogen-bond acceptors (Lipinski definition) is 13. The van der Waals surface area contributed by atoms with Crippen LogP contribution in [0.3, 0.4) is 0 Å². The second-order valence-corrected chi connectivity index (χ2v) is 7.40. The first-order valence-electron chi connectivity index (χ1n) is 9.60. The van der Waals surface area contributed by atoms with E-state index < -0.39 is 86.1 Å². The topological polar surface area (TPSA) is 215 Å². The first-order valence-corrected chi connectivity index (χ1v) is 9.60. The van der Waals surface area contributed by atoms with Crippen LogP contribution in [0, 0.1) is 0 Å². The van der Waals surface area contributed by atoms with Gasteiger partial charge in [-0.15, -0.1) is 0 Å². The highest BCUT2D eigenvalue weighted by molar-refractivity contribution is 6.18. The first kappa shape index (κ1) is 25.7. The van der Waals surface area contributed by atoms with E-state index in [2.05, 4.69) is 5.32 Å². The van der Waals surface area contributed by atoms with E-state index in [1.807, 2.05) is 0 Å². The smallest absolute Gasteiger partial charge is 0.187 e. The first-order chi connectivity index (χ1) is 14.5. The Morgan fingerprint density at radius 2 is 1.45 bits per heavy atom. The van der Waals surface area contributed by atoms with Crippen molar-refractivity contribution < 1.29 is 59.5 Å². The molecule has 2 saturated heterocycles. The Morgan fingerprint density at radius 1 is 0.871 bits per heavy atom. The lowest BCUT2D eigenvalue weighted by Crippen LogP contribution is -2.66. The van der Waals surface area contributed by atoms with Crippen LogP contribution in [-0.2, 0) is 23.8 Å². The van der Waals surface area contributed by atoms with Crippen molar-refractivity contribution in [2.45, 2.75) is 75.2 Å². The molecule has 0 bridgehead atoms. The molecule has 2 fully saturated rings. The molecule has 178 valence electrons. The number of ketones is 2. The number of carbonyl (C=O) groups excluding carboxylic acids is 2. The summed E-state index contributed by atoms with van der Waals surface area (Å²) < 4.78 is 16.0. The van der Waals surface area contributed by atoms with Gasteiger partial charge >= 0.3 is 0 Å². The van der Waals surface area contributed by atoms with Gasteiger partial charge in [0, 0.05) is 6.20 Å². The number of rotatable bonds is 8. The quantitative estimate of drug-likeness (QED) is 0.0989. The van der Waals surface area contributed by atoms with Crippen molar-refractivity contribution in [2.75, 3.05) is 13.2 Å². The molecule has 0 aromatic carbocycles. The molecule has 0 aliphatic carbocycles. The van der Waals surface area contributed by atoms with Crippen molar-refractivity contribution in [2.24, 2.45) is 0 Å². The van der Waals surface area contributed by atoms with Gasteiger partial charge in [-0.1, -0.05) is 0 Å². The zero-order valence-corrected chi connectivity index (χ0v) is 16.9. The van der Waals surface area contributed by atoms with Crippen molar-refractivity contribution in [1.82, 2.24) is 5.32 Å². The van der Waals surface area contributed by atoms with E-state index in [9.17, 15) is 45.3 Å². The standard InChI is InChI=1S/C18H29NO12/c1-6(22)8(7(2)23)3-19-11-13(25)16(10(5-21)29-17(11)28)31-18-15(27)14(26)12(24)9(4-20)30-18/h3,9-21,24-28H,4-5H2,1-2H3/t9?,10?,11?,12-,13+,14-,15?,16+,17-,18-/m0/s1. The number of aliphatic hydroxyl groups is 7. The number of ether oxygens (including phenoxy) is 3. The fraction of sp³-hybridized carbons (Fsp3) is 0.778. The molecule has 0 aromatic heterocycles. The molecule has 2 aliphatic heterocycles. The summed E-state index contributed by atoms with van der Waals surface area (Å²) in [6.07, 6.45) is -13.1. The van der Waals surface area contributed by atoms with Crippen molar-refractivity contribution in [3.63, 3.8) is 0 Å². The highest BCUT2D eigenvalue weighted by atomic mass is 16.7. The van der Waals surface area contributed by atoms with Crippen molar-refractivity contribution >= 4 is 11.6 Å². The summed E-state index contributed by atoms with van der Waals surface area (Å²) >= 11 is 0. The Hall–Kier alpha value is -1.52. The summed E-state index contributed by atoms with van der Waals surface area (Å²) in [7, 11) is 0. The molecule has 2 rings (SSSR count). The second-order valence-electron chi connectivity index (χ2n) is 7.40. The molecule has 2 heterocycles. The minimum Gasteiger partial charge on any atom is -0.394 e. The van der Waals surface area contributed by atoms with Crippen LogP contribution in [0.1, 0.15) is 13.8 Å². The molecule has 2 aliphatic rings. The maximum Gasteiger partial charge on any atom is 0.187 e. The lowest BCUT2D eigenvalue weighted by molar-refractivity contribution is -0.345. The van der Waals surface area contributed by atoms with Crippen LogP contribution in [0.2, 0.25) is 0 Å². The summed E-state index contributed by atoms with van der Waals surface area (Å²) in [6.45, 7) is 0.896. The molecule has 8 N–H and O–H groups in total. The fourth-order valence-electron chi connectivity index (χ4n) is 3.40. The van der Waals surface area contributed by atoms with Crippen molar-refractivity contribution in [1.29, 1.82) is 0 Å². The van der Waals surface area contributed by atoms with E-state index >= 15 is 0 Å². The van der Waals surface area contributed by atoms with Gasteiger partial charge in [0.1, 0.15) is 48.8 Å². The molecule has 13 nitrogen and oxygen atoms in total. The summed E-state index contributed by atoms with van der Waals surface area (Å²) in [6, 6.07) is -1.33. The van der Waals surface area contributed by atoms with Gasteiger partial charge in [0.05, 0.1) is 18.8 Å². The maximum absolute atomic E-state index is 11.5.